The highest BCUT2D eigenvalue weighted by Gasteiger charge is 2.14. The lowest BCUT2D eigenvalue weighted by molar-refractivity contribution is 0.340. The Bertz CT molecular complexity index is 881. The maximum atomic E-state index is 5.97. The Kier molecular flexibility index (Phi) is 5.50. The van der Waals surface area contributed by atoms with Crippen LogP contribution in [-0.4, -0.2) is 21.6 Å². The molecule has 0 saturated carbocycles. The van der Waals surface area contributed by atoms with Gasteiger partial charge in [0.25, 0.3) is 0 Å². The van der Waals surface area contributed by atoms with Crippen molar-refractivity contribution in [2.45, 2.75) is 26.7 Å². The van der Waals surface area contributed by atoms with Gasteiger partial charge in [-0.05, 0) is 68.1 Å². The predicted octanol–water partition coefficient (Wildman–Crippen LogP) is 4.33. The number of anilines is 1. The third kappa shape index (κ3) is 4.46. The summed E-state index contributed by atoms with van der Waals surface area (Å²) in [4.78, 5) is 13.8. The van der Waals surface area contributed by atoms with Gasteiger partial charge in [0.1, 0.15) is 5.75 Å². The number of thiazole rings is 1. The summed E-state index contributed by atoms with van der Waals surface area (Å²) in [5.74, 6) is 0.845. The average Bonchev–Trinajstić information content (AvgIpc) is 2.94. The first-order valence-electron chi connectivity index (χ1n) is 8.02. The predicted molar refractivity (Wildman–Crippen MR) is 102 cm³/mol. The molecule has 0 aliphatic carbocycles. The van der Waals surface area contributed by atoms with Gasteiger partial charge in [0.05, 0.1) is 12.3 Å². The van der Waals surface area contributed by atoms with Crippen LogP contribution in [-0.2, 0) is 12.8 Å². The van der Waals surface area contributed by atoms with Gasteiger partial charge in [0, 0.05) is 22.3 Å². The molecular weight excluding hydrogens is 356 g/mol. The number of nitrogens with zero attached hydrogens (tertiary/aromatic N) is 3. The zero-order valence-electron chi connectivity index (χ0n) is 14.1. The molecule has 0 unspecified atom stereocenters. The molecule has 0 aliphatic heterocycles. The van der Waals surface area contributed by atoms with Crippen LogP contribution in [0, 0.1) is 6.92 Å². The first-order valence-corrected chi connectivity index (χ1v) is 9.22. The summed E-state index contributed by atoms with van der Waals surface area (Å²) in [6.45, 7) is 4.65. The third-order valence-electron chi connectivity index (χ3n) is 3.64. The van der Waals surface area contributed by atoms with Gasteiger partial charge in [0.15, 0.2) is 5.13 Å². The Morgan fingerprint density at radius 2 is 2.04 bits per heavy atom. The van der Waals surface area contributed by atoms with Crippen LogP contribution < -0.4 is 10.5 Å². The Morgan fingerprint density at radius 3 is 2.80 bits per heavy atom. The number of benzene rings is 1. The van der Waals surface area contributed by atoms with Gasteiger partial charge in [0.2, 0.25) is 5.28 Å². The molecule has 0 aliphatic rings. The molecule has 1 aromatic carbocycles. The second kappa shape index (κ2) is 7.80. The van der Waals surface area contributed by atoms with Crippen LogP contribution in [0.3, 0.4) is 0 Å². The summed E-state index contributed by atoms with van der Waals surface area (Å²) in [7, 11) is 0. The highest BCUT2D eigenvalue weighted by Crippen LogP contribution is 2.33. The second-order valence-electron chi connectivity index (χ2n) is 5.61. The molecule has 3 rings (SSSR count). The molecule has 2 aromatic heterocycles. The van der Waals surface area contributed by atoms with Crippen LogP contribution in [0.4, 0.5) is 5.13 Å². The summed E-state index contributed by atoms with van der Waals surface area (Å²) >= 11 is 7.36. The van der Waals surface area contributed by atoms with Gasteiger partial charge in [-0.1, -0.05) is 0 Å². The minimum atomic E-state index is 0.265. The van der Waals surface area contributed by atoms with Crippen LogP contribution in [0.2, 0.25) is 5.28 Å². The van der Waals surface area contributed by atoms with Gasteiger partial charge < -0.3 is 10.5 Å². The van der Waals surface area contributed by atoms with E-state index in [-0.39, 0.29) is 5.28 Å². The van der Waals surface area contributed by atoms with Gasteiger partial charge >= 0.3 is 0 Å². The van der Waals surface area contributed by atoms with Gasteiger partial charge in [-0.25, -0.2) is 15.0 Å². The van der Waals surface area contributed by atoms with Crippen molar-refractivity contribution >= 4 is 28.1 Å². The maximum Gasteiger partial charge on any atom is 0.222 e. The first-order chi connectivity index (χ1) is 12.0. The van der Waals surface area contributed by atoms with Crippen LogP contribution >= 0.6 is 22.9 Å². The van der Waals surface area contributed by atoms with Crippen molar-refractivity contribution < 1.29 is 4.74 Å². The summed E-state index contributed by atoms with van der Waals surface area (Å²) in [5, 5.41) is 0.826. The average molecular weight is 375 g/mol. The minimum absolute atomic E-state index is 0.265. The minimum Gasteiger partial charge on any atom is -0.494 e. The van der Waals surface area contributed by atoms with E-state index < -0.39 is 0 Å². The molecule has 2 heterocycles. The summed E-state index contributed by atoms with van der Waals surface area (Å²) < 4.78 is 5.65. The van der Waals surface area contributed by atoms with E-state index in [9.17, 15) is 0 Å². The molecular formula is C18H19ClN4OS. The van der Waals surface area contributed by atoms with Crippen molar-refractivity contribution in [2.24, 2.45) is 0 Å². The first kappa shape index (κ1) is 17.6. The fourth-order valence-corrected chi connectivity index (χ4v) is 3.67. The molecule has 7 heteroatoms. The molecule has 0 atom stereocenters. The normalized spacial score (nSPS) is 10.8. The number of aryl methyl sites for hydroxylation is 3. The number of aromatic nitrogens is 3. The standard InChI is InChI=1S/C18H19ClN4OS/c1-3-24-14-9-11(2)8-12(10-14)16-15(25-18(20)23-16)5-4-13-6-7-21-17(19)22-13/h6-10H,3-5H2,1-2H3,(H2,20,23). The lowest BCUT2D eigenvalue weighted by Crippen LogP contribution is -1.97. The molecule has 0 bridgehead atoms. The van der Waals surface area contributed by atoms with E-state index in [0.29, 0.717) is 11.7 Å². The smallest absolute Gasteiger partial charge is 0.222 e. The third-order valence-corrected chi connectivity index (χ3v) is 4.77. The van der Waals surface area contributed by atoms with Crippen LogP contribution in [0.25, 0.3) is 11.3 Å². The Balaban J connectivity index is 1.88. The summed E-state index contributed by atoms with van der Waals surface area (Å²) in [5.41, 5.74) is 9.93. The highest BCUT2D eigenvalue weighted by molar-refractivity contribution is 7.15. The Morgan fingerprint density at radius 1 is 1.20 bits per heavy atom. The lowest BCUT2D eigenvalue weighted by atomic mass is 10.1. The molecule has 2 N–H and O–H groups in total. The number of hydrogen-bond acceptors (Lipinski definition) is 6. The quantitative estimate of drug-likeness (QED) is 0.650. The zero-order valence-corrected chi connectivity index (χ0v) is 15.7. The molecule has 25 heavy (non-hydrogen) atoms. The van der Waals surface area contributed by atoms with Crippen molar-refractivity contribution in [3.05, 3.63) is 51.9 Å². The van der Waals surface area contributed by atoms with E-state index in [4.69, 9.17) is 22.1 Å². The monoisotopic (exact) mass is 374 g/mol. The van der Waals surface area contributed by atoms with Crippen LogP contribution in [0.1, 0.15) is 23.1 Å². The summed E-state index contributed by atoms with van der Waals surface area (Å²) in [6, 6.07) is 8.00. The van der Waals surface area contributed by atoms with E-state index >= 15 is 0 Å². The number of hydrogen-bond donors (Lipinski definition) is 1. The molecule has 0 radical (unpaired) electrons. The van der Waals surface area contributed by atoms with E-state index in [1.165, 1.54) is 11.3 Å². The zero-order chi connectivity index (χ0) is 17.8. The Labute approximate surface area is 155 Å². The lowest BCUT2D eigenvalue weighted by Gasteiger charge is -2.08. The molecule has 5 nitrogen and oxygen atoms in total. The molecule has 0 fully saturated rings. The van der Waals surface area contributed by atoms with E-state index in [1.807, 2.05) is 32.0 Å². The molecule has 0 saturated heterocycles. The molecule has 0 spiro atoms. The SMILES string of the molecule is CCOc1cc(C)cc(-c2nc(N)sc2CCc2ccnc(Cl)n2)c1. The molecule has 130 valence electrons. The van der Waals surface area contributed by atoms with Gasteiger partial charge in [-0.3, -0.25) is 0 Å². The van der Waals surface area contributed by atoms with Crippen molar-refractivity contribution in [1.82, 2.24) is 15.0 Å². The molecule has 3 aromatic rings. The van der Waals surface area contributed by atoms with E-state index in [2.05, 4.69) is 21.0 Å². The number of rotatable bonds is 6. The molecule has 0 amide bonds. The van der Waals surface area contributed by atoms with Crippen LogP contribution in [0.5, 0.6) is 5.75 Å². The highest BCUT2D eigenvalue weighted by atomic mass is 35.5. The van der Waals surface area contributed by atoms with Crippen LogP contribution in [0.15, 0.2) is 30.5 Å². The van der Waals surface area contributed by atoms with E-state index in [1.54, 1.807) is 6.20 Å². The largest absolute Gasteiger partial charge is 0.494 e. The number of halogens is 1. The van der Waals surface area contributed by atoms with Gasteiger partial charge in [-0.2, -0.15) is 0 Å². The number of ether oxygens (including phenoxy) is 1. The van der Waals surface area contributed by atoms with E-state index in [0.717, 1.165) is 46.0 Å². The topological polar surface area (TPSA) is 73.9 Å². The summed E-state index contributed by atoms with van der Waals surface area (Å²) in [6.07, 6.45) is 3.21. The second-order valence-corrected chi connectivity index (χ2v) is 7.06. The van der Waals surface area contributed by atoms with Crippen molar-refractivity contribution in [1.29, 1.82) is 0 Å². The fourth-order valence-electron chi connectivity index (χ4n) is 2.65. The number of nitrogen functional groups attached to an aromatic ring is 1. The maximum absolute atomic E-state index is 5.97. The van der Waals surface area contributed by atoms with Crippen molar-refractivity contribution in [2.75, 3.05) is 12.3 Å². The number of nitrogens with two attached hydrogens (primary N) is 1. The van der Waals surface area contributed by atoms with Crippen molar-refractivity contribution in [3.8, 4) is 17.0 Å². The van der Waals surface area contributed by atoms with Crippen molar-refractivity contribution in [3.63, 3.8) is 0 Å². The van der Waals surface area contributed by atoms with Gasteiger partial charge in [-0.15, -0.1) is 11.3 Å². The fraction of sp³-hybridized carbons (Fsp3) is 0.278. The Hall–Kier alpha value is -2.18.